The fourth-order valence-corrected chi connectivity index (χ4v) is 3.62. The second-order valence-electron chi connectivity index (χ2n) is 10.7. The predicted molar refractivity (Wildman–Crippen MR) is 157 cm³/mol. The van der Waals surface area contributed by atoms with Crippen LogP contribution in [0.15, 0.2) is 48.5 Å². The molecule has 0 amide bonds. The Hall–Kier alpha value is -1.92. The summed E-state index contributed by atoms with van der Waals surface area (Å²) in [5.41, 5.74) is 2.21. The lowest BCUT2D eigenvalue weighted by atomic mass is 9.97. The number of hydrogen-bond acceptors (Lipinski definition) is 9. The number of ether oxygens (including phenoxy) is 7. The number of aliphatic hydroxyl groups is 2. The number of rotatable bonds is 24. The Bertz CT molecular complexity index is 827. The molecule has 0 bridgehead atoms. The first-order valence-electron chi connectivity index (χ1n) is 14.3. The number of hydrogen-bond donors (Lipinski definition) is 2. The normalized spacial score (nSPS) is 12.2. The highest BCUT2D eigenvalue weighted by atomic mass is 16.6. The van der Waals surface area contributed by atoms with Crippen molar-refractivity contribution in [3.8, 4) is 0 Å². The van der Waals surface area contributed by atoms with E-state index in [2.05, 4.69) is 0 Å². The van der Waals surface area contributed by atoms with Gasteiger partial charge in [0.15, 0.2) is 0 Å². The van der Waals surface area contributed by atoms with Crippen LogP contribution in [0.2, 0.25) is 0 Å². The van der Waals surface area contributed by atoms with Crippen LogP contribution >= 0.6 is 0 Å². The molecule has 0 aromatic heterocycles. The van der Waals surface area contributed by atoms with Gasteiger partial charge in [-0.2, -0.15) is 0 Å². The highest BCUT2D eigenvalue weighted by Gasteiger charge is 2.15. The Balaban J connectivity index is 1.27. The van der Waals surface area contributed by atoms with Crippen molar-refractivity contribution >= 4 is 0 Å². The molecule has 0 aliphatic heterocycles. The van der Waals surface area contributed by atoms with Gasteiger partial charge in [0, 0.05) is 0 Å². The van der Waals surface area contributed by atoms with E-state index in [4.69, 9.17) is 33.2 Å². The maximum Gasteiger partial charge on any atom is 0.0840 e. The SMILES string of the molecule is CC(C)(O)c1ccc(COCCOCCOCCOCCOCCOCCOCc2ccc(C(C)(C)O)cc2)cc1. The quantitative estimate of drug-likeness (QED) is 0.179. The van der Waals surface area contributed by atoms with Gasteiger partial charge in [0.2, 0.25) is 0 Å². The molecule has 0 saturated carbocycles. The molecule has 0 heterocycles. The van der Waals surface area contributed by atoms with Crippen molar-refractivity contribution in [2.75, 3.05) is 79.3 Å². The molecular weight excluding hydrogens is 528 g/mol. The lowest BCUT2D eigenvalue weighted by Crippen LogP contribution is -2.15. The molecule has 2 rings (SSSR count). The molecule has 0 aliphatic rings. The molecule has 0 aliphatic carbocycles. The van der Waals surface area contributed by atoms with E-state index in [1.807, 2.05) is 48.5 Å². The molecule has 0 saturated heterocycles. The van der Waals surface area contributed by atoms with Crippen molar-refractivity contribution in [3.05, 3.63) is 70.8 Å². The van der Waals surface area contributed by atoms with E-state index in [0.29, 0.717) is 92.5 Å². The summed E-state index contributed by atoms with van der Waals surface area (Å²) < 4.78 is 38.7. The maximum absolute atomic E-state index is 9.99. The zero-order valence-corrected chi connectivity index (χ0v) is 25.3. The third kappa shape index (κ3) is 16.9. The average molecular weight is 579 g/mol. The third-order valence-corrected chi connectivity index (χ3v) is 6.09. The van der Waals surface area contributed by atoms with E-state index in [1.54, 1.807) is 27.7 Å². The van der Waals surface area contributed by atoms with E-state index in [1.165, 1.54) is 0 Å². The molecular formula is C32H50O9. The van der Waals surface area contributed by atoms with Crippen LogP contribution in [0.5, 0.6) is 0 Å². The number of benzene rings is 2. The van der Waals surface area contributed by atoms with E-state index < -0.39 is 11.2 Å². The standard InChI is InChI=1S/C32H50O9/c1-31(2,33)29-9-5-27(6-10-29)25-40-23-21-38-19-17-36-15-13-35-14-16-37-18-20-39-22-24-41-26-28-7-11-30(12-8-28)32(3,4)34/h5-12,33-34H,13-26H2,1-4H3. The van der Waals surface area contributed by atoms with Crippen LogP contribution in [0, 0.1) is 0 Å². The summed E-state index contributed by atoms with van der Waals surface area (Å²) in [6, 6.07) is 15.5. The zero-order valence-electron chi connectivity index (χ0n) is 25.3. The summed E-state index contributed by atoms with van der Waals surface area (Å²) in [5.74, 6) is 0. The Morgan fingerprint density at radius 1 is 0.390 bits per heavy atom. The fourth-order valence-electron chi connectivity index (χ4n) is 3.62. The summed E-state index contributed by atoms with van der Waals surface area (Å²) in [6.07, 6.45) is 0. The summed E-state index contributed by atoms with van der Waals surface area (Å²) in [7, 11) is 0. The Morgan fingerprint density at radius 3 is 0.829 bits per heavy atom. The van der Waals surface area contributed by atoms with E-state index in [-0.39, 0.29) is 0 Å². The summed E-state index contributed by atoms with van der Waals surface area (Å²) in [5, 5.41) is 20.0. The molecule has 41 heavy (non-hydrogen) atoms. The second-order valence-corrected chi connectivity index (χ2v) is 10.7. The van der Waals surface area contributed by atoms with Crippen molar-refractivity contribution in [1.82, 2.24) is 0 Å². The van der Waals surface area contributed by atoms with Gasteiger partial charge >= 0.3 is 0 Å². The maximum atomic E-state index is 9.99. The summed E-state index contributed by atoms with van der Waals surface area (Å²) >= 11 is 0. The minimum atomic E-state index is -0.834. The molecule has 0 spiro atoms. The third-order valence-electron chi connectivity index (χ3n) is 6.09. The lowest BCUT2D eigenvalue weighted by molar-refractivity contribution is -0.0217. The van der Waals surface area contributed by atoms with E-state index in [0.717, 1.165) is 22.3 Å². The van der Waals surface area contributed by atoms with Gasteiger partial charge in [0.1, 0.15) is 0 Å². The fraction of sp³-hybridized carbons (Fsp3) is 0.625. The Kier molecular flexibility index (Phi) is 17.3. The topological polar surface area (TPSA) is 105 Å². The Morgan fingerprint density at radius 2 is 0.610 bits per heavy atom. The highest BCUT2D eigenvalue weighted by molar-refractivity contribution is 5.26. The van der Waals surface area contributed by atoms with Crippen LogP contribution in [0.25, 0.3) is 0 Å². The van der Waals surface area contributed by atoms with Crippen molar-refractivity contribution in [2.45, 2.75) is 52.1 Å². The largest absolute Gasteiger partial charge is 0.386 e. The van der Waals surface area contributed by atoms with Crippen LogP contribution in [0.1, 0.15) is 49.9 Å². The van der Waals surface area contributed by atoms with Gasteiger partial charge in [-0.3, -0.25) is 0 Å². The first-order valence-corrected chi connectivity index (χ1v) is 14.3. The van der Waals surface area contributed by atoms with E-state index >= 15 is 0 Å². The molecule has 0 unspecified atom stereocenters. The van der Waals surface area contributed by atoms with Crippen molar-refractivity contribution in [1.29, 1.82) is 0 Å². The summed E-state index contributed by atoms with van der Waals surface area (Å²) in [4.78, 5) is 0. The molecule has 0 radical (unpaired) electrons. The molecule has 0 fully saturated rings. The Labute approximate surface area is 245 Å². The monoisotopic (exact) mass is 578 g/mol. The van der Waals surface area contributed by atoms with Crippen LogP contribution in [0.4, 0.5) is 0 Å². The predicted octanol–water partition coefficient (Wildman–Crippen LogP) is 3.96. The van der Waals surface area contributed by atoms with Gasteiger partial charge in [0.25, 0.3) is 0 Å². The summed E-state index contributed by atoms with van der Waals surface area (Å²) in [6.45, 7) is 14.2. The molecule has 9 nitrogen and oxygen atoms in total. The minimum absolute atomic E-state index is 0.507. The van der Waals surface area contributed by atoms with Crippen molar-refractivity contribution in [3.63, 3.8) is 0 Å². The zero-order chi connectivity index (χ0) is 29.8. The van der Waals surface area contributed by atoms with Crippen LogP contribution in [0.3, 0.4) is 0 Å². The molecule has 2 N–H and O–H groups in total. The minimum Gasteiger partial charge on any atom is -0.386 e. The second kappa shape index (κ2) is 20.1. The smallest absolute Gasteiger partial charge is 0.0840 e. The van der Waals surface area contributed by atoms with Crippen LogP contribution < -0.4 is 0 Å². The lowest BCUT2D eigenvalue weighted by Gasteiger charge is -2.17. The molecule has 232 valence electrons. The van der Waals surface area contributed by atoms with Gasteiger partial charge in [-0.1, -0.05) is 48.5 Å². The first-order chi connectivity index (χ1) is 19.7. The van der Waals surface area contributed by atoms with Crippen LogP contribution in [-0.4, -0.2) is 89.5 Å². The molecule has 2 aromatic rings. The van der Waals surface area contributed by atoms with Gasteiger partial charge in [0.05, 0.1) is 104 Å². The van der Waals surface area contributed by atoms with Crippen molar-refractivity contribution in [2.24, 2.45) is 0 Å². The molecule has 0 atom stereocenters. The van der Waals surface area contributed by atoms with Gasteiger partial charge in [-0.05, 0) is 49.9 Å². The highest BCUT2D eigenvalue weighted by Crippen LogP contribution is 2.20. The first kappa shape index (κ1) is 35.3. The molecule has 2 aromatic carbocycles. The van der Waals surface area contributed by atoms with Gasteiger partial charge < -0.3 is 43.4 Å². The van der Waals surface area contributed by atoms with Gasteiger partial charge in [-0.25, -0.2) is 0 Å². The average Bonchev–Trinajstić information content (AvgIpc) is 2.93. The van der Waals surface area contributed by atoms with Crippen LogP contribution in [-0.2, 0) is 57.6 Å². The van der Waals surface area contributed by atoms with Gasteiger partial charge in [-0.15, -0.1) is 0 Å². The van der Waals surface area contributed by atoms with Crippen molar-refractivity contribution < 1.29 is 43.4 Å². The van der Waals surface area contributed by atoms with E-state index in [9.17, 15) is 10.2 Å². The molecule has 9 heteroatoms.